The van der Waals surface area contributed by atoms with Gasteiger partial charge in [-0.1, -0.05) is 12.1 Å². The van der Waals surface area contributed by atoms with Crippen LogP contribution in [0.3, 0.4) is 0 Å². The van der Waals surface area contributed by atoms with Crippen molar-refractivity contribution in [1.82, 2.24) is 0 Å². The summed E-state index contributed by atoms with van der Waals surface area (Å²) in [5.41, 5.74) is 0.279. The quantitative estimate of drug-likeness (QED) is 0.830. The van der Waals surface area contributed by atoms with E-state index in [0.717, 1.165) is 12.1 Å². The highest BCUT2D eigenvalue weighted by Gasteiger charge is 2.31. The highest BCUT2D eigenvalue weighted by Crippen LogP contribution is 2.40. The van der Waals surface area contributed by atoms with Crippen molar-refractivity contribution in [3.05, 3.63) is 53.3 Å². The molecule has 1 heterocycles. The summed E-state index contributed by atoms with van der Waals surface area (Å²) in [5.74, 6) is -0.374. The van der Waals surface area contributed by atoms with E-state index in [2.05, 4.69) is 5.32 Å². The number of alkyl halides is 3. The van der Waals surface area contributed by atoms with Crippen molar-refractivity contribution < 1.29 is 27.0 Å². The molecule has 1 aliphatic rings. The van der Waals surface area contributed by atoms with Crippen molar-refractivity contribution in [2.24, 2.45) is 0 Å². The average Bonchev–Trinajstić information content (AvgIpc) is 2.53. The maximum absolute atomic E-state index is 14.0. The van der Waals surface area contributed by atoms with Gasteiger partial charge in [0.15, 0.2) is 23.4 Å². The SMILES string of the molecule is CNc1cc(F)c2c(c1)OCC(c1ccc(C(F)(F)F)cc1)O2. The maximum Gasteiger partial charge on any atom is 0.416 e. The summed E-state index contributed by atoms with van der Waals surface area (Å²) in [4.78, 5) is 0. The second kappa shape index (κ2) is 5.64. The molecule has 7 heteroatoms. The van der Waals surface area contributed by atoms with Crippen molar-refractivity contribution in [1.29, 1.82) is 0 Å². The van der Waals surface area contributed by atoms with Crippen LogP contribution < -0.4 is 14.8 Å². The first-order valence-electron chi connectivity index (χ1n) is 6.86. The number of nitrogens with one attached hydrogen (secondary N) is 1. The van der Waals surface area contributed by atoms with E-state index < -0.39 is 23.7 Å². The lowest BCUT2D eigenvalue weighted by molar-refractivity contribution is -0.137. The summed E-state index contributed by atoms with van der Waals surface area (Å²) in [6, 6.07) is 7.41. The summed E-state index contributed by atoms with van der Waals surface area (Å²) < 4.78 is 62.8. The van der Waals surface area contributed by atoms with E-state index in [4.69, 9.17) is 9.47 Å². The Balaban J connectivity index is 1.85. The van der Waals surface area contributed by atoms with E-state index in [1.165, 1.54) is 18.2 Å². The number of halogens is 4. The Morgan fingerprint density at radius 2 is 1.83 bits per heavy atom. The van der Waals surface area contributed by atoms with E-state index >= 15 is 0 Å². The Labute approximate surface area is 129 Å². The smallest absolute Gasteiger partial charge is 0.416 e. The van der Waals surface area contributed by atoms with Crippen LogP contribution in [-0.4, -0.2) is 13.7 Å². The summed E-state index contributed by atoms with van der Waals surface area (Å²) >= 11 is 0. The fourth-order valence-corrected chi connectivity index (χ4v) is 2.33. The zero-order valence-electron chi connectivity index (χ0n) is 12.1. The third-order valence-corrected chi connectivity index (χ3v) is 3.56. The maximum atomic E-state index is 14.0. The topological polar surface area (TPSA) is 30.5 Å². The standard InChI is InChI=1S/C16H13F4NO2/c1-21-11-6-12(17)15-13(7-11)22-8-14(23-15)9-2-4-10(5-3-9)16(18,19)20/h2-7,14,21H,8H2,1H3. The number of fused-ring (bicyclic) bond motifs is 1. The van der Waals surface area contributed by atoms with Crippen LogP contribution in [0.4, 0.5) is 23.2 Å². The minimum absolute atomic E-state index is 0.0415. The van der Waals surface area contributed by atoms with Gasteiger partial charge in [0.2, 0.25) is 0 Å². The predicted octanol–water partition coefficient (Wildman–Crippen LogP) is 4.40. The average molecular weight is 327 g/mol. The van der Waals surface area contributed by atoms with Crippen LogP contribution in [0.15, 0.2) is 36.4 Å². The predicted molar refractivity (Wildman–Crippen MR) is 76.3 cm³/mol. The van der Waals surface area contributed by atoms with Crippen molar-refractivity contribution in [3.8, 4) is 11.5 Å². The molecule has 2 aromatic carbocycles. The van der Waals surface area contributed by atoms with Gasteiger partial charge in [0.05, 0.1) is 5.56 Å². The Bertz CT molecular complexity index is 713. The summed E-state index contributed by atoms with van der Waals surface area (Å²) in [7, 11) is 1.65. The summed E-state index contributed by atoms with van der Waals surface area (Å²) in [6.45, 7) is 0.0883. The number of ether oxygens (including phenoxy) is 2. The molecular formula is C16H13F4NO2. The molecule has 0 bridgehead atoms. The first-order chi connectivity index (χ1) is 10.9. The number of hydrogen-bond donors (Lipinski definition) is 1. The van der Waals surface area contributed by atoms with Gasteiger partial charge in [-0.3, -0.25) is 0 Å². The van der Waals surface area contributed by atoms with Crippen LogP contribution in [0.25, 0.3) is 0 Å². The van der Waals surface area contributed by atoms with Crippen molar-refractivity contribution in [2.75, 3.05) is 19.0 Å². The molecule has 1 unspecified atom stereocenters. The van der Waals surface area contributed by atoms with E-state index in [-0.39, 0.29) is 18.1 Å². The van der Waals surface area contributed by atoms with Crippen molar-refractivity contribution >= 4 is 5.69 Å². The number of anilines is 1. The molecule has 0 radical (unpaired) electrons. The Kier molecular flexibility index (Phi) is 3.79. The fraction of sp³-hybridized carbons (Fsp3) is 0.250. The molecule has 0 aromatic heterocycles. The molecule has 23 heavy (non-hydrogen) atoms. The molecular weight excluding hydrogens is 314 g/mol. The molecule has 0 fully saturated rings. The van der Waals surface area contributed by atoms with Gasteiger partial charge in [0.1, 0.15) is 6.61 Å². The van der Waals surface area contributed by atoms with Gasteiger partial charge in [-0.2, -0.15) is 13.2 Å². The minimum atomic E-state index is -4.40. The normalized spacial score (nSPS) is 17.0. The Hall–Kier alpha value is -2.44. The molecule has 1 aliphatic heterocycles. The highest BCUT2D eigenvalue weighted by molar-refractivity contribution is 5.56. The molecule has 0 spiro atoms. The van der Waals surface area contributed by atoms with Crippen LogP contribution in [0.2, 0.25) is 0 Å². The molecule has 3 nitrogen and oxygen atoms in total. The van der Waals surface area contributed by atoms with Gasteiger partial charge < -0.3 is 14.8 Å². The molecule has 1 N–H and O–H groups in total. The van der Waals surface area contributed by atoms with Gasteiger partial charge in [0.25, 0.3) is 0 Å². The van der Waals surface area contributed by atoms with Crippen LogP contribution in [0.1, 0.15) is 17.2 Å². The van der Waals surface area contributed by atoms with Crippen molar-refractivity contribution in [3.63, 3.8) is 0 Å². The molecule has 0 aliphatic carbocycles. The van der Waals surface area contributed by atoms with Crippen LogP contribution in [-0.2, 0) is 6.18 Å². The van der Waals surface area contributed by atoms with Gasteiger partial charge in [0, 0.05) is 24.9 Å². The molecule has 1 atom stereocenters. The minimum Gasteiger partial charge on any atom is -0.485 e. The zero-order valence-corrected chi connectivity index (χ0v) is 12.1. The molecule has 122 valence electrons. The van der Waals surface area contributed by atoms with Gasteiger partial charge in [-0.25, -0.2) is 4.39 Å². The van der Waals surface area contributed by atoms with E-state index in [0.29, 0.717) is 11.3 Å². The van der Waals surface area contributed by atoms with Crippen LogP contribution in [0, 0.1) is 5.82 Å². The third-order valence-electron chi connectivity index (χ3n) is 3.56. The molecule has 0 saturated heterocycles. The van der Waals surface area contributed by atoms with E-state index in [9.17, 15) is 17.6 Å². The van der Waals surface area contributed by atoms with E-state index in [1.54, 1.807) is 13.1 Å². The van der Waals surface area contributed by atoms with Crippen LogP contribution >= 0.6 is 0 Å². The molecule has 0 amide bonds. The summed E-state index contributed by atoms with van der Waals surface area (Å²) in [5, 5.41) is 2.80. The third kappa shape index (κ3) is 3.04. The zero-order chi connectivity index (χ0) is 16.6. The lowest BCUT2D eigenvalue weighted by atomic mass is 10.1. The molecule has 2 aromatic rings. The second-order valence-corrected chi connectivity index (χ2v) is 5.07. The lowest BCUT2D eigenvalue weighted by Gasteiger charge is -2.27. The molecule has 0 saturated carbocycles. The number of rotatable bonds is 2. The van der Waals surface area contributed by atoms with E-state index in [1.807, 2.05) is 0 Å². The molecule has 3 rings (SSSR count). The van der Waals surface area contributed by atoms with Crippen molar-refractivity contribution in [2.45, 2.75) is 12.3 Å². The van der Waals surface area contributed by atoms with Gasteiger partial charge >= 0.3 is 6.18 Å². The van der Waals surface area contributed by atoms with Gasteiger partial charge in [-0.05, 0) is 17.7 Å². The van der Waals surface area contributed by atoms with Gasteiger partial charge in [-0.15, -0.1) is 0 Å². The number of hydrogen-bond acceptors (Lipinski definition) is 3. The fourth-order valence-electron chi connectivity index (χ4n) is 2.33. The summed E-state index contributed by atoms with van der Waals surface area (Å²) in [6.07, 6.45) is -5.07. The second-order valence-electron chi connectivity index (χ2n) is 5.07. The Morgan fingerprint density at radius 3 is 2.43 bits per heavy atom. The first kappa shape index (κ1) is 15.5. The van der Waals surface area contributed by atoms with Crippen LogP contribution in [0.5, 0.6) is 11.5 Å². The lowest BCUT2D eigenvalue weighted by Crippen LogP contribution is -2.22. The largest absolute Gasteiger partial charge is 0.485 e. The number of benzene rings is 2. The Morgan fingerprint density at radius 1 is 1.13 bits per heavy atom. The first-order valence-corrected chi connectivity index (χ1v) is 6.86. The highest BCUT2D eigenvalue weighted by atomic mass is 19.4. The monoisotopic (exact) mass is 327 g/mol.